The minimum Gasteiger partial charge on any atom is -0.494 e. The Labute approximate surface area is 156 Å². The number of carbonyl (C=O) groups excluding carboxylic acids is 1. The van der Waals surface area contributed by atoms with E-state index in [9.17, 15) is 4.79 Å². The number of morpholine rings is 1. The molecular formula is C21H30N2O3. The molecule has 3 rings (SSSR count). The van der Waals surface area contributed by atoms with E-state index in [1.165, 1.54) is 5.56 Å². The summed E-state index contributed by atoms with van der Waals surface area (Å²) in [5.41, 5.74) is 1.19. The summed E-state index contributed by atoms with van der Waals surface area (Å²) in [6.45, 7) is 8.17. The number of amides is 1. The minimum absolute atomic E-state index is 0.265. The maximum Gasteiger partial charge on any atom is 0.236 e. The van der Waals surface area contributed by atoms with Gasteiger partial charge in [-0.1, -0.05) is 24.3 Å². The number of hydrogen-bond donors (Lipinski definition) is 0. The van der Waals surface area contributed by atoms with Crippen molar-refractivity contribution >= 4 is 12.0 Å². The smallest absolute Gasteiger partial charge is 0.236 e. The molecule has 0 aromatic heterocycles. The number of allylic oxidation sites excluding steroid dienone is 1. The number of rotatable bonds is 6. The zero-order valence-electron chi connectivity index (χ0n) is 15.7. The number of benzene rings is 1. The molecule has 2 saturated heterocycles. The molecule has 2 aliphatic heterocycles. The van der Waals surface area contributed by atoms with Gasteiger partial charge in [-0.05, 0) is 43.4 Å². The Balaban J connectivity index is 1.42. The highest BCUT2D eigenvalue weighted by Gasteiger charge is 2.23. The largest absolute Gasteiger partial charge is 0.494 e. The molecule has 0 aliphatic carbocycles. The molecule has 1 amide bonds. The molecule has 0 spiro atoms. The molecule has 0 unspecified atom stereocenters. The molecule has 5 heteroatoms. The second-order valence-electron chi connectivity index (χ2n) is 6.97. The number of hydrogen-bond acceptors (Lipinski definition) is 4. The molecule has 0 N–H and O–H groups in total. The molecule has 2 aliphatic rings. The van der Waals surface area contributed by atoms with E-state index in [4.69, 9.17) is 9.47 Å². The number of piperidine rings is 1. The zero-order chi connectivity index (χ0) is 18.2. The monoisotopic (exact) mass is 358 g/mol. The molecule has 0 bridgehead atoms. The molecule has 2 heterocycles. The third-order valence-electron chi connectivity index (χ3n) is 5.11. The summed E-state index contributed by atoms with van der Waals surface area (Å²) in [5, 5.41) is 0. The van der Waals surface area contributed by atoms with Gasteiger partial charge in [0.05, 0.1) is 26.4 Å². The SMILES string of the molecule is CCOc1ccc(C=CC2CCN(C(=O)CN3CCOCC3)CC2)cc1. The Hall–Kier alpha value is -1.85. The fourth-order valence-electron chi connectivity index (χ4n) is 3.48. The second-order valence-corrected chi connectivity index (χ2v) is 6.97. The van der Waals surface area contributed by atoms with Crippen LogP contribution >= 0.6 is 0 Å². The van der Waals surface area contributed by atoms with E-state index in [1.807, 2.05) is 24.0 Å². The lowest BCUT2D eigenvalue weighted by Crippen LogP contribution is -2.46. The fourth-order valence-corrected chi connectivity index (χ4v) is 3.48. The quantitative estimate of drug-likeness (QED) is 0.784. The van der Waals surface area contributed by atoms with Gasteiger partial charge in [-0.3, -0.25) is 9.69 Å². The first-order chi connectivity index (χ1) is 12.7. The van der Waals surface area contributed by atoms with Gasteiger partial charge in [-0.15, -0.1) is 0 Å². The number of nitrogens with zero attached hydrogens (tertiary/aromatic N) is 2. The summed E-state index contributed by atoms with van der Waals surface area (Å²) < 4.78 is 10.8. The summed E-state index contributed by atoms with van der Waals surface area (Å²) in [6.07, 6.45) is 6.57. The first-order valence-corrected chi connectivity index (χ1v) is 9.73. The van der Waals surface area contributed by atoms with Gasteiger partial charge in [-0.25, -0.2) is 0 Å². The van der Waals surface area contributed by atoms with Crippen molar-refractivity contribution < 1.29 is 14.3 Å². The van der Waals surface area contributed by atoms with Gasteiger partial charge >= 0.3 is 0 Å². The van der Waals surface area contributed by atoms with Crippen molar-refractivity contribution in [1.29, 1.82) is 0 Å². The fraction of sp³-hybridized carbons (Fsp3) is 0.571. The number of carbonyl (C=O) groups is 1. The average molecular weight is 358 g/mol. The summed E-state index contributed by atoms with van der Waals surface area (Å²) in [6, 6.07) is 8.19. The predicted octanol–water partition coefficient (Wildman–Crippen LogP) is 2.67. The summed E-state index contributed by atoms with van der Waals surface area (Å²) in [7, 11) is 0. The maximum atomic E-state index is 12.5. The van der Waals surface area contributed by atoms with Crippen LogP contribution in [0.3, 0.4) is 0 Å². The first-order valence-electron chi connectivity index (χ1n) is 9.73. The van der Waals surface area contributed by atoms with Gasteiger partial charge in [0.15, 0.2) is 0 Å². The van der Waals surface area contributed by atoms with Gasteiger partial charge in [-0.2, -0.15) is 0 Å². The Kier molecular flexibility index (Phi) is 7.09. The predicted molar refractivity (Wildman–Crippen MR) is 103 cm³/mol. The van der Waals surface area contributed by atoms with Crippen LogP contribution in [-0.2, 0) is 9.53 Å². The molecule has 5 nitrogen and oxygen atoms in total. The lowest BCUT2D eigenvalue weighted by atomic mass is 9.95. The number of ether oxygens (including phenoxy) is 2. The Bertz CT molecular complexity index is 586. The molecule has 0 atom stereocenters. The lowest BCUT2D eigenvalue weighted by Gasteiger charge is -2.33. The molecule has 1 aromatic rings. The van der Waals surface area contributed by atoms with E-state index >= 15 is 0 Å². The van der Waals surface area contributed by atoms with Crippen LogP contribution in [0.1, 0.15) is 25.3 Å². The molecular weight excluding hydrogens is 328 g/mol. The molecule has 0 radical (unpaired) electrons. The molecule has 142 valence electrons. The highest BCUT2D eigenvalue weighted by Crippen LogP contribution is 2.21. The molecule has 2 fully saturated rings. The topological polar surface area (TPSA) is 42.0 Å². The van der Waals surface area contributed by atoms with E-state index in [1.54, 1.807) is 0 Å². The van der Waals surface area contributed by atoms with E-state index < -0.39 is 0 Å². The highest BCUT2D eigenvalue weighted by atomic mass is 16.5. The van der Waals surface area contributed by atoms with Crippen LogP contribution in [0.25, 0.3) is 6.08 Å². The van der Waals surface area contributed by atoms with Crippen molar-refractivity contribution in [2.45, 2.75) is 19.8 Å². The minimum atomic E-state index is 0.265. The first kappa shape index (κ1) is 18.9. The maximum absolute atomic E-state index is 12.5. The average Bonchev–Trinajstić information content (AvgIpc) is 2.69. The van der Waals surface area contributed by atoms with Gasteiger partial charge in [0.2, 0.25) is 5.91 Å². The normalized spacial score (nSPS) is 19.8. The Morgan fingerprint density at radius 3 is 2.50 bits per heavy atom. The summed E-state index contributed by atoms with van der Waals surface area (Å²) >= 11 is 0. The van der Waals surface area contributed by atoms with Crippen LogP contribution in [0.15, 0.2) is 30.3 Å². The van der Waals surface area contributed by atoms with Crippen LogP contribution < -0.4 is 4.74 Å². The van der Waals surface area contributed by atoms with Crippen molar-refractivity contribution in [2.24, 2.45) is 5.92 Å². The van der Waals surface area contributed by atoms with E-state index in [-0.39, 0.29) is 5.91 Å². The van der Waals surface area contributed by atoms with Gasteiger partial charge < -0.3 is 14.4 Å². The zero-order valence-corrected chi connectivity index (χ0v) is 15.7. The summed E-state index contributed by atoms with van der Waals surface area (Å²) in [5.74, 6) is 1.73. The van der Waals surface area contributed by atoms with Gasteiger partial charge in [0.25, 0.3) is 0 Å². The Morgan fingerprint density at radius 1 is 1.15 bits per heavy atom. The van der Waals surface area contributed by atoms with Crippen LogP contribution in [0, 0.1) is 5.92 Å². The third kappa shape index (κ3) is 5.58. The third-order valence-corrected chi connectivity index (χ3v) is 5.11. The lowest BCUT2D eigenvalue weighted by molar-refractivity contribution is -0.134. The van der Waals surface area contributed by atoms with Crippen molar-refractivity contribution in [3.63, 3.8) is 0 Å². The Morgan fingerprint density at radius 2 is 1.85 bits per heavy atom. The molecule has 26 heavy (non-hydrogen) atoms. The van der Waals surface area contributed by atoms with Crippen LogP contribution in [0.2, 0.25) is 0 Å². The summed E-state index contributed by atoms with van der Waals surface area (Å²) in [4.78, 5) is 16.7. The van der Waals surface area contributed by atoms with Crippen molar-refractivity contribution in [1.82, 2.24) is 9.80 Å². The van der Waals surface area contributed by atoms with E-state index in [0.717, 1.165) is 58.0 Å². The van der Waals surface area contributed by atoms with Crippen LogP contribution in [0.5, 0.6) is 5.75 Å². The standard InChI is InChI=1S/C21H30N2O3/c1-2-26-20-7-5-18(6-8-20)3-4-19-9-11-23(12-10-19)21(24)17-22-13-15-25-16-14-22/h3-8,19H,2,9-17H2,1H3. The van der Waals surface area contributed by atoms with Gasteiger partial charge in [0.1, 0.15) is 5.75 Å². The van der Waals surface area contributed by atoms with Crippen LogP contribution in [-0.4, -0.2) is 68.3 Å². The van der Waals surface area contributed by atoms with Crippen molar-refractivity contribution in [3.8, 4) is 5.75 Å². The van der Waals surface area contributed by atoms with Crippen molar-refractivity contribution in [3.05, 3.63) is 35.9 Å². The number of likely N-dealkylation sites (tertiary alicyclic amines) is 1. The molecule has 0 saturated carbocycles. The van der Waals surface area contributed by atoms with E-state index in [0.29, 0.717) is 19.1 Å². The van der Waals surface area contributed by atoms with E-state index in [2.05, 4.69) is 29.2 Å². The molecule has 1 aromatic carbocycles. The van der Waals surface area contributed by atoms with Crippen LogP contribution in [0.4, 0.5) is 0 Å². The highest BCUT2D eigenvalue weighted by molar-refractivity contribution is 5.78. The van der Waals surface area contributed by atoms with Crippen molar-refractivity contribution in [2.75, 3.05) is 52.5 Å². The second kappa shape index (κ2) is 9.74. The van der Waals surface area contributed by atoms with Gasteiger partial charge in [0, 0.05) is 26.2 Å².